The molecule has 1 aromatic rings. The highest BCUT2D eigenvalue weighted by Crippen LogP contribution is 2.15. The summed E-state index contributed by atoms with van der Waals surface area (Å²) >= 11 is 6.48. The van der Waals surface area contributed by atoms with Crippen LogP contribution in [0.5, 0.6) is 0 Å². The summed E-state index contributed by atoms with van der Waals surface area (Å²) in [6.07, 6.45) is 0. The quantitative estimate of drug-likeness (QED) is 0.633. The number of hydroxylamine groups is 2. The number of nitrogens with zero attached hydrogens (tertiary/aromatic N) is 1. The van der Waals surface area contributed by atoms with Gasteiger partial charge in [-0.25, -0.2) is 5.06 Å². The van der Waals surface area contributed by atoms with Gasteiger partial charge in [0, 0.05) is 12.3 Å². The zero-order valence-electron chi connectivity index (χ0n) is 8.01. The third kappa shape index (κ3) is 3.65. The standard InChI is InChI=1S/C10H13NOS2/c1-2-11(12)10(13)14-8-9-6-4-3-5-7-9/h3-7,12H,2,8H2,1H3. The average Bonchev–Trinajstić information content (AvgIpc) is 2.26. The minimum atomic E-state index is 0.524. The second kappa shape index (κ2) is 6.01. The first kappa shape index (κ1) is 11.5. The highest BCUT2D eigenvalue weighted by molar-refractivity contribution is 8.22. The van der Waals surface area contributed by atoms with Crippen LogP contribution in [0.2, 0.25) is 0 Å². The van der Waals surface area contributed by atoms with Gasteiger partial charge in [-0.1, -0.05) is 54.3 Å². The van der Waals surface area contributed by atoms with E-state index in [4.69, 9.17) is 12.2 Å². The molecule has 0 aromatic heterocycles. The van der Waals surface area contributed by atoms with E-state index in [1.165, 1.54) is 17.3 Å². The van der Waals surface area contributed by atoms with Crippen LogP contribution >= 0.6 is 24.0 Å². The molecule has 0 fully saturated rings. The number of thioether (sulfide) groups is 1. The molecule has 0 unspecified atom stereocenters. The van der Waals surface area contributed by atoms with Crippen molar-refractivity contribution in [2.24, 2.45) is 0 Å². The minimum absolute atomic E-state index is 0.524. The summed E-state index contributed by atoms with van der Waals surface area (Å²) in [5.41, 5.74) is 1.21. The molecule has 0 saturated carbocycles. The van der Waals surface area contributed by atoms with Crippen molar-refractivity contribution in [1.82, 2.24) is 5.06 Å². The molecular weight excluding hydrogens is 214 g/mol. The van der Waals surface area contributed by atoms with E-state index in [1.807, 2.05) is 37.3 Å². The van der Waals surface area contributed by atoms with Gasteiger partial charge in [0.2, 0.25) is 0 Å². The van der Waals surface area contributed by atoms with Crippen LogP contribution in [0.1, 0.15) is 12.5 Å². The van der Waals surface area contributed by atoms with Gasteiger partial charge in [0.1, 0.15) is 0 Å². The average molecular weight is 227 g/mol. The summed E-state index contributed by atoms with van der Waals surface area (Å²) in [6.45, 7) is 2.38. The Labute approximate surface area is 93.9 Å². The first-order valence-electron chi connectivity index (χ1n) is 4.41. The lowest BCUT2D eigenvalue weighted by atomic mass is 10.2. The zero-order valence-corrected chi connectivity index (χ0v) is 9.64. The van der Waals surface area contributed by atoms with Gasteiger partial charge < -0.3 is 0 Å². The fourth-order valence-corrected chi connectivity index (χ4v) is 1.99. The van der Waals surface area contributed by atoms with Crippen molar-refractivity contribution in [3.63, 3.8) is 0 Å². The molecule has 2 nitrogen and oxygen atoms in total. The van der Waals surface area contributed by atoms with Crippen LogP contribution in [0.15, 0.2) is 30.3 Å². The maximum Gasteiger partial charge on any atom is 0.160 e. The van der Waals surface area contributed by atoms with Gasteiger partial charge >= 0.3 is 0 Å². The van der Waals surface area contributed by atoms with E-state index in [-0.39, 0.29) is 0 Å². The van der Waals surface area contributed by atoms with Crippen molar-refractivity contribution in [1.29, 1.82) is 0 Å². The third-order valence-electron chi connectivity index (χ3n) is 1.72. The predicted octanol–water partition coefficient (Wildman–Crippen LogP) is 2.92. The second-order valence-corrected chi connectivity index (χ2v) is 4.37. The Hall–Kier alpha value is -0.580. The largest absolute Gasteiger partial charge is 0.287 e. The smallest absolute Gasteiger partial charge is 0.160 e. The van der Waals surface area contributed by atoms with Gasteiger partial charge in [-0.05, 0) is 12.5 Å². The molecule has 0 bridgehead atoms. The summed E-state index contributed by atoms with van der Waals surface area (Å²) in [7, 11) is 0. The van der Waals surface area contributed by atoms with Gasteiger partial charge in [0.25, 0.3) is 0 Å². The lowest BCUT2D eigenvalue weighted by molar-refractivity contribution is -0.00241. The topological polar surface area (TPSA) is 23.5 Å². The minimum Gasteiger partial charge on any atom is -0.287 e. The van der Waals surface area contributed by atoms with Crippen molar-refractivity contribution in [2.45, 2.75) is 12.7 Å². The molecule has 76 valence electrons. The molecule has 4 heteroatoms. The Morgan fingerprint density at radius 1 is 1.43 bits per heavy atom. The molecule has 0 radical (unpaired) electrons. The molecule has 0 saturated heterocycles. The van der Waals surface area contributed by atoms with Crippen molar-refractivity contribution in [3.8, 4) is 0 Å². The van der Waals surface area contributed by atoms with Crippen LogP contribution in [0, 0.1) is 0 Å². The maximum atomic E-state index is 9.28. The van der Waals surface area contributed by atoms with Crippen molar-refractivity contribution in [3.05, 3.63) is 35.9 Å². The van der Waals surface area contributed by atoms with E-state index in [0.29, 0.717) is 10.9 Å². The molecule has 0 aliphatic heterocycles. The third-order valence-corrected chi connectivity index (χ3v) is 3.22. The van der Waals surface area contributed by atoms with Gasteiger partial charge in [-0.2, -0.15) is 0 Å². The molecule has 0 amide bonds. The van der Waals surface area contributed by atoms with E-state index in [2.05, 4.69) is 0 Å². The summed E-state index contributed by atoms with van der Waals surface area (Å²) in [5, 5.41) is 10.4. The molecule has 0 aliphatic rings. The molecule has 0 heterocycles. The van der Waals surface area contributed by atoms with E-state index in [9.17, 15) is 5.21 Å². The zero-order chi connectivity index (χ0) is 10.4. The fraction of sp³-hybridized carbons (Fsp3) is 0.300. The molecule has 0 atom stereocenters. The lowest BCUT2D eigenvalue weighted by Gasteiger charge is -2.14. The predicted molar refractivity (Wildman–Crippen MR) is 64.5 cm³/mol. The van der Waals surface area contributed by atoms with Crippen LogP contribution in [0.25, 0.3) is 0 Å². The summed E-state index contributed by atoms with van der Waals surface area (Å²) in [6, 6.07) is 10.1. The Bertz CT molecular complexity index is 289. The Morgan fingerprint density at radius 3 is 2.64 bits per heavy atom. The van der Waals surface area contributed by atoms with Crippen molar-refractivity contribution < 1.29 is 5.21 Å². The molecule has 14 heavy (non-hydrogen) atoms. The Kier molecular flexibility index (Phi) is 4.93. The molecule has 1 rings (SSSR count). The summed E-state index contributed by atoms with van der Waals surface area (Å²) in [4.78, 5) is 0. The van der Waals surface area contributed by atoms with Gasteiger partial charge in [-0.15, -0.1) is 0 Å². The van der Waals surface area contributed by atoms with Crippen LogP contribution < -0.4 is 0 Å². The number of hydrogen-bond acceptors (Lipinski definition) is 3. The number of hydrogen-bond donors (Lipinski definition) is 1. The first-order valence-corrected chi connectivity index (χ1v) is 5.80. The lowest BCUT2D eigenvalue weighted by Crippen LogP contribution is -2.22. The molecular formula is C10H13NOS2. The molecule has 0 aliphatic carbocycles. The van der Waals surface area contributed by atoms with E-state index in [0.717, 1.165) is 10.8 Å². The SMILES string of the molecule is CCN(O)C(=S)SCc1ccccc1. The second-order valence-electron chi connectivity index (χ2n) is 2.76. The van der Waals surface area contributed by atoms with Crippen molar-refractivity contribution >= 4 is 28.3 Å². The van der Waals surface area contributed by atoms with E-state index >= 15 is 0 Å². The van der Waals surface area contributed by atoms with Crippen LogP contribution in [-0.2, 0) is 5.75 Å². The first-order chi connectivity index (χ1) is 6.74. The van der Waals surface area contributed by atoms with E-state index < -0.39 is 0 Å². The van der Waals surface area contributed by atoms with Crippen LogP contribution in [0.3, 0.4) is 0 Å². The molecule has 0 spiro atoms. The van der Waals surface area contributed by atoms with Crippen molar-refractivity contribution in [2.75, 3.05) is 6.54 Å². The highest BCUT2D eigenvalue weighted by Gasteiger charge is 2.04. The molecule has 1 aromatic carbocycles. The summed E-state index contributed by atoms with van der Waals surface area (Å²) < 4.78 is 0.524. The normalized spacial score (nSPS) is 9.86. The summed E-state index contributed by atoms with van der Waals surface area (Å²) in [5.74, 6) is 0.802. The fourth-order valence-electron chi connectivity index (χ4n) is 0.923. The van der Waals surface area contributed by atoms with Crippen LogP contribution in [0.4, 0.5) is 0 Å². The number of thiocarbonyl (C=S) groups is 1. The van der Waals surface area contributed by atoms with Gasteiger partial charge in [0.15, 0.2) is 4.32 Å². The van der Waals surface area contributed by atoms with E-state index in [1.54, 1.807) is 0 Å². The van der Waals surface area contributed by atoms with Gasteiger partial charge in [0.05, 0.1) is 0 Å². The molecule has 1 N–H and O–H groups in total. The van der Waals surface area contributed by atoms with Gasteiger partial charge in [-0.3, -0.25) is 5.21 Å². The Morgan fingerprint density at radius 2 is 2.07 bits per heavy atom. The maximum absolute atomic E-state index is 9.28. The Balaban J connectivity index is 2.38. The monoisotopic (exact) mass is 227 g/mol. The van der Waals surface area contributed by atoms with Crippen LogP contribution in [-0.4, -0.2) is 21.1 Å². The number of benzene rings is 1. The number of rotatable bonds is 3. The highest BCUT2D eigenvalue weighted by atomic mass is 32.2.